The van der Waals surface area contributed by atoms with Crippen LogP contribution < -0.4 is 14.8 Å². The van der Waals surface area contributed by atoms with Crippen LogP contribution in [0.15, 0.2) is 36.4 Å². The van der Waals surface area contributed by atoms with Crippen molar-refractivity contribution < 1.29 is 32.6 Å². The van der Waals surface area contributed by atoms with E-state index in [1.165, 1.54) is 17.0 Å². The molecule has 33 heavy (non-hydrogen) atoms. The Bertz CT molecular complexity index is 1030. The Kier molecular flexibility index (Phi) is 7.08. The minimum atomic E-state index is -0.990. The largest absolute Gasteiger partial charge is 0.493 e. The molecule has 0 aromatic heterocycles. The predicted molar refractivity (Wildman–Crippen MR) is 115 cm³/mol. The SMILES string of the molecule is COc1ccc([C@@H]2CC(=O)N(CC(=O)NCc3cccc(F)c3F)C2)cc1OC1CCCO1. The molecule has 9 heteroatoms. The third kappa shape index (κ3) is 5.42. The second-order valence-electron chi connectivity index (χ2n) is 8.14. The van der Waals surface area contributed by atoms with Crippen molar-refractivity contribution in [1.29, 1.82) is 0 Å². The number of rotatable bonds is 8. The van der Waals surface area contributed by atoms with Gasteiger partial charge in [0.1, 0.15) is 0 Å². The first-order valence-electron chi connectivity index (χ1n) is 10.9. The van der Waals surface area contributed by atoms with Crippen LogP contribution in [-0.4, -0.2) is 49.8 Å². The maximum atomic E-state index is 13.8. The van der Waals surface area contributed by atoms with Gasteiger partial charge in [-0.25, -0.2) is 8.78 Å². The van der Waals surface area contributed by atoms with E-state index < -0.39 is 17.5 Å². The number of likely N-dealkylation sites (tertiary alicyclic amines) is 1. The Hall–Kier alpha value is -3.20. The number of nitrogens with one attached hydrogen (secondary N) is 1. The van der Waals surface area contributed by atoms with Gasteiger partial charge < -0.3 is 24.4 Å². The van der Waals surface area contributed by atoms with Gasteiger partial charge in [-0.2, -0.15) is 0 Å². The fraction of sp³-hybridized carbons (Fsp3) is 0.417. The molecular formula is C24H26F2N2O5. The van der Waals surface area contributed by atoms with Crippen LogP contribution in [0.1, 0.15) is 36.3 Å². The summed E-state index contributed by atoms with van der Waals surface area (Å²) in [6.07, 6.45) is 1.68. The first-order valence-corrected chi connectivity index (χ1v) is 10.9. The maximum Gasteiger partial charge on any atom is 0.239 e. The van der Waals surface area contributed by atoms with Crippen LogP contribution in [0, 0.1) is 11.6 Å². The highest BCUT2D eigenvalue weighted by Gasteiger charge is 2.32. The van der Waals surface area contributed by atoms with Crippen LogP contribution in [0.3, 0.4) is 0 Å². The number of amides is 2. The lowest BCUT2D eigenvalue weighted by Crippen LogP contribution is -2.37. The lowest BCUT2D eigenvalue weighted by atomic mass is 9.98. The molecule has 2 fully saturated rings. The molecular weight excluding hydrogens is 434 g/mol. The Morgan fingerprint density at radius 2 is 2.09 bits per heavy atom. The highest BCUT2D eigenvalue weighted by molar-refractivity contribution is 5.86. The molecule has 0 saturated carbocycles. The van der Waals surface area contributed by atoms with Crippen LogP contribution in [0.2, 0.25) is 0 Å². The number of halogens is 2. The average Bonchev–Trinajstić information content (AvgIpc) is 3.44. The fourth-order valence-corrected chi connectivity index (χ4v) is 4.08. The molecule has 7 nitrogen and oxygen atoms in total. The highest BCUT2D eigenvalue weighted by atomic mass is 19.2. The van der Waals surface area contributed by atoms with Crippen molar-refractivity contribution in [2.45, 2.75) is 38.0 Å². The minimum Gasteiger partial charge on any atom is -0.493 e. The standard InChI is InChI=1S/C24H26F2N2O5/c1-31-19-8-7-15(10-20(19)33-23-6-3-9-32-23)17-11-22(30)28(13-17)14-21(29)27-12-16-4-2-5-18(25)24(16)26/h2,4-5,7-8,10,17,23H,3,6,9,11-14H2,1H3,(H,27,29)/t17-,23?/m1/s1. The molecule has 2 saturated heterocycles. The topological polar surface area (TPSA) is 77.1 Å². The summed E-state index contributed by atoms with van der Waals surface area (Å²) in [6, 6.07) is 9.33. The van der Waals surface area contributed by atoms with Crippen molar-refractivity contribution in [2.24, 2.45) is 0 Å². The second kappa shape index (κ2) is 10.2. The van der Waals surface area contributed by atoms with Gasteiger partial charge in [-0.3, -0.25) is 9.59 Å². The monoisotopic (exact) mass is 460 g/mol. The van der Waals surface area contributed by atoms with E-state index in [9.17, 15) is 18.4 Å². The molecule has 4 rings (SSSR count). The molecule has 0 aliphatic carbocycles. The number of carbonyl (C=O) groups excluding carboxylic acids is 2. The van der Waals surface area contributed by atoms with Crippen molar-refractivity contribution in [2.75, 3.05) is 26.8 Å². The molecule has 0 spiro atoms. The van der Waals surface area contributed by atoms with Gasteiger partial charge in [0, 0.05) is 37.4 Å². The van der Waals surface area contributed by atoms with Gasteiger partial charge in [0.25, 0.3) is 0 Å². The first-order chi connectivity index (χ1) is 15.9. The summed E-state index contributed by atoms with van der Waals surface area (Å²) >= 11 is 0. The van der Waals surface area contributed by atoms with Gasteiger partial charge in [-0.15, -0.1) is 0 Å². The molecule has 0 radical (unpaired) electrons. The normalized spacial score (nSPS) is 20.2. The molecule has 1 N–H and O–H groups in total. The number of methoxy groups -OCH3 is 1. The minimum absolute atomic E-state index is 0.0472. The number of hydrogen-bond acceptors (Lipinski definition) is 5. The summed E-state index contributed by atoms with van der Waals surface area (Å²) in [7, 11) is 1.56. The fourth-order valence-electron chi connectivity index (χ4n) is 4.08. The van der Waals surface area contributed by atoms with Gasteiger partial charge in [0.05, 0.1) is 20.3 Å². The molecule has 2 atom stereocenters. The molecule has 1 unspecified atom stereocenters. The Morgan fingerprint density at radius 1 is 1.24 bits per heavy atom. The zero-order valence-corrected chi connectivity index (χ0v) is 18.3. The summed E-state index contributed by atoms with van der Waals surface area (Å²) in [5, 5.41) is 2.54. The molecule has 176 valence electrons. The maximum absolute atomic E-state index is 13.8. The third-order valence-corrected chi connectivity index (χ3v) is 5.86. The molecule has 2 aliphatic rings. The summed E-state index contributed by atoms with van der Waals surface area (Å²) in [5.41, 5.74) is 0.952. The summed E-state index contributed by atoms with van der Waals surface area (Å²) in [5.74, 6) is -1.52. The molecule has 2 aliphatic heterocycles. The summed E-state index contributed by atoms with van der Waals surface area (Å²) in [6.45, 7) is 0.719. The van der Waals surface area contributed by atoms with E-state index in [-0.39, 0.29) is 43.2 Å². The zero-order valence-electron chi connectivity index (χ0n) is 18.3. The zero-order chi connectivity index (χ0) is 23.4. The van der Waals surface area contributed by atoms with Crippen LogP contribution in [0.4, 0.5) is 8.78 Å². The molecule has 2 amide bonds. The number of hydrogen-bond donors (Lipinski definition) is 1. The molecule has 2 heterocycles. The van der Waals surface area contributed by atoms with E-state index in [1.54, 1.807) is 13.2 Å². The van der Waals surface area contributed by atoms with Crippen molar-refractivity contribution in [3.63, 3.8) is 0 Å². The quantitative estimate of drug-likeness (QED) is 0.655. The van der Waals surface area contributed by atoms with E-state index in [2.05, 4.69) is 5.32 Å². The molecule has 2 aromatic rings. The molecule has 0 bridgehead atoms. The van der Waals surface area contributed by atoms with Gasteiger partial charge in [0.15, 0.2) is 29.4 Å². The lowest BCUT2D eigenvalue weighted by Gasteiger charge is -2.19. The number of nitrogens with zero attached hydrogens (tertiary/aromatic N) is 1. The van der Waals surface area contributed by atoms with Gasteiger partial charge in [-0.1, -0.05) is 18.2 Å². The Morgan fingerprint density at radius 3 is 2.85 bits per heavy atom. The van der Waals surface area contributed by atoms with Crippen LogP contribution in [-0.2, 0) is 20.9 Å². The first kappa shape index (κ1) is 23.0. The van der Waals surface area contributed by atoms with Crippen LogP contribution in [0.25, 0.3) is 0 Å². The number of ether oxygens (including phenoxy) is 3. The van der Waals surface area contributed by atoms with Crippen LogP contribution in [0.5, 0.6) is 11.5 Å². The average molecular weight is 460 g/mol. The Balaban J connectivity index is 1.36. The lowest BCUT2D eigenvalue weighted by molar-refractivity contribution is -0.133. The van der Waals surface area contributed by atoms with E-state index in [1.807, 2.05) is 12.1 Å². The van der Waals surface area contributed by atoms with Crippen molar-refractivity contribution >= 4 is 11.8 Å². The van der Waals surface area contributed by atoms with E-state index >= 15 is 0 Å². The predicted octanol–water partition coefficient (Wildman–Crippen LogP) is 3.12. The van der Waals surface area contributed by atoms with Crippen LogP contribution >= 0.6 is 0 Å². The van der Waals surface area contributed by atoms with Gasteiger partial charge in [-0.05, 0) is 30.2 Å². The highest BCUT2D eigenvalue weighted by Crippen LogP contribution is 2.36. The third-order valence-electron chi connectivity index (χ3n) is 5.86. The van der Waals surface area contributed by atoms with E-state index in [0.717, 1.165) is 24.5 Å². The van der Waals surface area contributed by atoms with Crippen molar-refractivity contribution in [3.05, 3.63) is 59.2 Å². The van der Waals surface area contributed by atoms with E-state index in [4.69, 9.17) is 14.2 Å². The second-order valence-corrected chi connectivity index (χ2v) is 8.14. The summed E-state index contributed by atoms with van der Waals surface area (Å²) < 4.78 is 43.9. The summed E-state index contributed by atoms with van der Waals surface area (Å²) in [4.78, 5) is 26.3. The number of carbonyl (C=O) groups is 2. The van der Waals surface area contributed by atoms with Crippen molar-refractivity contribution in [3.8, 4) is 11.5 Å². The smallest absolute Gasteiger partial charge is 0.239 e. The van der Waals surface area contributed by atoms with Gasteiger partial charge >= 0.3 is 0 Å². The van der Waals surface area contributed by atoms with Gasteiger partial charge in [0.2, 0.25) is 11.8 Å². The molecule has 2 aromatic carbocycles. The number of benzene rings is 2. The van der Waals surface area contributed by atoms with E-state index in [0.29, 0.717) is 24.7 Å². The van der Waals surface area contributed by atoms with Crippen molar-refractivity contribution in [1.82, 2.24) is 10.2 Å². The Labute approximate surface area is 190 Å².